The summed E-state index contributed by atoms with van der Waals surface area (Å²) in [7, 11) is -1.65. The molecule has 0 saturated carbocycles. The minimum Gasteiger partial charge on any atom is -0.383 e. The largest absolute Gasteiger partial charge is 0.383 e. The van der Waals surface area contributed by atoms with Gasteiger partial charge in [-0.1, -0.05) is 24.3 Å². The lowest BCUT2D eigenvalue weighted by molar-refractivity contribution is 0.203. The second-order valence-corrected chi connectivity index (χ2v) is 7.72. The molecule has 1 aromatic rings. The summed E-state index contributed by atoms with van der Waals surface area (Å²) >= 11 is 0. The summed E-state index contributed by atoms with van der Waals surface area (Å²) < 4.78 is 31.5. The zero-order chi connectivity index (χ0) is 18.7. The predicted molar refractivity (Wildman–Crippen MR) is 102 cm³/mol. The number of nitrogens with zero attached hydrogens (tertiary/aromatic N) is 1. The molecule has 0 radical (unpaired) electrons. The lowest BCUT2D eigenvalue weighted by atomic mass is 10.1. The van der Waals surface area contributed by atoms with Crippen molar-refractivity contribution < 1.29 is 13.2 Å². The van der Waals surface area contributed by atoms with E-state index in [-0.39, 0.29) is 11.8 Å². The molecular weight excluding hydrogens is 340 g/mol. The van der Waals surface area contributed by atoms with Crippen molar-refractivity contribution in [3.8, 4) is 0 Å². The third-order valence-corrected chi connectivity index (χ3v) is 4.70. The highest BCUT2D eigenvalue weighted by Crippen LogP contribution is 2.09. The molecule has 1 rings (SSSR count). The van der Waals surface area contributed by atoms with E-state index in [0.717, 1.165) is 23.6 Å². The number of guanidine groups is 1. The van der Waals surface area contributed by atoms with Gasteiger partial charge >= 0.3 is 0 Å². The van der Waals surface area contributed by atoms with Gasteiger partial charge in [-0.3, -0.25) is 0 Å². The van der Waals surface area contributed by atoms with Gasteiger partial charge in [-0.05, 0) is 31.9 Å². The van der Waals surface area contributed by atoms with Gasteiger partial charge in [-0.2, -0.15) is 0 Å². The van der Waals surface area contributed by atoms with Crippen LogP contribution < -0.4 is 15.4 Å². The first-order valence-electron chi connectivity index (χ1n) is 8.45. The standard InChI is InChI=1S/C17H30N4O3S/c1-5-18-17(19-10-11-24-4)20-12-15-6-8-16(9-7-15)13-25(22,23)21-14(2)3/h6-9,14,21H,5,10-13H2,1-4H3,(H2,18,19,20). The van der Waals surface area contributed by atoms with Gasteiger partial charge in [0.25, 0.3) is 0 Å². The van der Waals surface area contributed by atoms with Crippen molar-refractivity contribution in [2.75, 3.05) is 26.8 Å². The highest BCUT2D eigenvalue weighted by molar-refractivity contribution is 7.88. The minimum absolute atomic E-state index is 0.0179. The summed E-state index contributed by atoms with van der Waals surface area (Å²) in [6.07, 6.45) is 0. The average molecular weight is 371 g/mol. The molecule has 0 aliphatic carbocycles. The molecule has 142 valence electrons. The molecule has 3 N–H and O–H groups in total. The van der Waals surface area contributed by atoms with Crippen LogP contribution in [0.5, 0.6) is 0 Å². The zero-order valence-electron chi connectivity index (χ0n) is 15.5. The van der Waals surface area contributed by atoms with Gasteiger partial charge in [0.2, 0.25) is 10.0 Å². The SMILES string of the molecule is CCNC(=NCc1ccc(CS(=O)(=O)NC(C)C)cc1)NCCOC. The van der Waals surface area contributed by atoms with Crippen LogP contribution in [0.4, 0.5) is 0 Å². The van der Waals surface area contributed by atoms with Gasteiger partial charge in [-0.25, -0.2) is 18.1 Å². The van der Waals surface area contributed by atoms with Gasteiger partial charge in [-0.15, -0.1) is 0 Å². The maximum atomic E-state index is 11.9. The molecule has 0 aliphatic rings. The lowest BCUT2D eigenvalue weighted by Gasteiger charge is -2.11. The smallest absolute Gasteiger partial charge is 0.216 e. The summed E-state index contributed by atoms with van der Waals surface area (Å²) in [6.45, 7) is 8.20. The van der Waals surface area contributed by atoms with Crippen LogP contribution >= 0.6 is 0 Å². The highest BCUT2D eigenvalue weighted by Gasteiger charge is 2.12. The number of rotatable bonds is 10. The van der Waals surface area contributed by atoms with Crippen molar-refractivity contribution in [1.29, 1.82) is 0 Å². The van der Waals surface area contributed by atoms with Gasteiger partial charge in [0.15, 0.2) is 5.96 Å². The first-order chi connectivity index (χ1) is 11.9. The summed E-state index contributed by atoms with van der Waals surface area (Å²) in [5.74, 6) is 0.711. The van der Waals surface area contributed by atoms with Crippen LogP contribution in [-0.4, -0.2) is 47.2 Å². The molecule has 0 aromatic heterocycles. The number of nitrogens with one attached hydrogen (secondary N) is 3. The van der Waals surface area contributed by atoms with Crippen molar-refractivity contribution in [3.05, 3.63) is 35.4 Å². The Hall–Kier alpha value is -1.64. The molecule has 25 heavy (non-hydrogen) atoms. The molecule has 0 aliphatic heterocycles. The van der Waals surface area contributed by atoms with Crippen LogP contribution in [0.2, 0.25) is 0 Å². The number of hydrogen-bond donors (Lipinski definition) is 3. The van der Waals surface area contributed by atoms with Crippen LogP contribution in [0, 0.1) is 0 Å². The van der Waals surface area contributed by atoms with Crippen LogP contribution in [0.15, 0.2) is 29.3 Å². The van der Waals surface area contributed by atoms with Crippen LogP contribution in [-0.2, 0) is 27.1 Å². The normalized spacial score (nSPS) is 12.4. The van der Waals surface area contributed by atoms with Crippen molar-refractivity contribution in [2.45, 2.75) is 39.1 Å². The van der Waals surface area contributed by atoms with E-state index in [9.17, 15) is 8.42 Å². The van der Waals surface area contributed by atoms with E-state index in [0.29, 0.717) is 19.7 Å². The fraction of sp³-hybridized carbons (Fsp3) is 0.588. The van der Waals surface area contributed by atoms with E-state index in [1.54, 1.807) is 21.0 Å². The Morgan fingerprint density at radius 1 is 1.16 bits per heavy atom. The van der Waals surface area contributed by atoms with E-state index in [2.05, 4.69) is 20.3 Å². The third-order valence-electron chi connectivity index (χ3n) is 3.16. The Balaban J connectivity index is 2.64. The van der Waals surface area contributed by atoms with Crippen LogP contribution in [0.3, 0.4) is 0 Å². The molecule has 7 nitrogen and oxygen atoms in total. The minimum atomic E-state index is -3.30. The van der Waals surface area contributed by atoms with E-state index in [1.807, 2.05) is 31.2 Å². The molecule has 0 bridgehead atoms. The summed E-state index contributed by atoms with van der Waals surface area (Å²) in [5, 5.41) is 6.35. The van der Waals surface area contributed by atoms with Crippen molar-refractivity contribution in [1.82, 2.24) is 15.4 Å². The number of ether oxygens (including phenoxy) is 1. The molecule has 8 heteroatoms. The zero-order valence-corrected chi connectivity index (χ0v) is 16.3. The van der Waals surface area contributed by atoms with Crippen molar-refractivity contribution >= 4 is 16.0 Å². The van der Waals surface area contributed by atoms with E-state index >= 15 is 0 Å². The second kappa shape index (κ2) is 11.1. The first-order valence-corrected chi connectivity index (χ1v) is 10.1. The van der Waals surface area contributed by atoms with Gasteiger partial charge in [0, 0.05) is 26.2 Å². The van der Waals surface area contributed by atoms with E-state index in [1.165, 1.54) is 0 Å². The first kappa shape index (κ1) is 21.4. The number of benzene rings is 1. The Kier molecular flexibility index (Phi) is 9.48. The summed E-state index contributed by atoms with van der Waals surface area (Å²) in [5.41, 5.74) is 1.77. The molecule has 0 heterocycles. The van der Waals surface area contributed by atoms with Crippen molar-refractivity contribution in [3.63, 3.8) is 0 Å². The monoisotopic (exact) mass is 370 g/mol. The molecule has 0 unspecified atom stereocenters. The van der Waals surface area contributed by atoms with Gasteiger partial charge in [0.1, 0.15) is 0 Å². The van der Waals surface area contributed by atoms with Crippen LogP contribution in [0.25, 0.3) is 0 Å². The maximum absolute atomic E-state index is 11.9. The molecule has 0 fully saturated rings. The maximum Gasteiger partial charge on any atom is 0.216 e. The summed E-state index contributed by atoms with van der Waals surface area (Å²) in [4.78, 5) is 4.51. The lowest BCUT2D eigenvalue weighted by Crippen LogP contribution is -2.38. The summed E-state index contributed by atoms with van der Waals surface area (Å²) in [6, 6.07) is 7.37. The van der Waals surface area contributed by atoms with E-state index in [4.69, 9.17) is 4.74 Å². The van der Waals surface area contributed by atoms with Crippen molar-refractivity contribution in [2.24, 2.45) is 4.99 Å². The number of sulfonamides is 1. The average Bonchev–Trinajstić information content (AvgIpc) is 2.52. The Morgan fingerprint density at radius 2 is 1.80 bits per heavy atom. The predicted octanol–water partition coefficient (Wildman–Crippen LogP) is 1.22. The fourth-order valence-corrected chi connectivity index (χ4v) is 3.58. The molecule has 0 atom stereocenters. The Morgan fingerprint density at radius 3 is 2.36 bits per heavy atom. The third kappa shape index (κ3) is 9.42. The highest BCUT2D eigenvalue weighted by atomic mass is 32.2. The van der Waals surface area contributed by atoms with Gasteiger partial charge in [0.05, 0.1) is 18.9 Å². The molecule has 1 aromatic carbocycles. The molecule has 0 amide bonds. The van der Waals surface area contributed by atoms with E-state index < -0.39 is 10.0 Å². The molecule has 0 spiro atoms. The number of methoxy groups -OCH3 is 1. The second-order valence-electron chi connectivity index (χ2n) is 5.96. The molecular formula is C17H30N4O3S. The quantitative estimate of drug-likeness (QED) is 0.327. The number of aliphatic imine (C=N–C) groups is 1. The number of hydrogen-bond acceptors (Lipinski definition) is 4. The Bertz CT molecular complexity index is 628. The van der Waals surface area contributed by atoms with Crippen LogP contribution in [0.1, 0.15) is 31.9 Å². The fourth-order valence-electron chi connectivity index (χ4n) is 2.14. The Labute approximate surface area is 151 Å². The van der Waals surface area contributed by atoms with Gasteiger partial charge < -0.3 is 15.4 Å². The topological polar surface area (TPSA) is 91.8 Å². The molecule has 0 saturated heterocycles.